The summed E-state index contributed by atoms with van der Waals surface area (Å²) in [6, 6.07) is 5.21. The van der Waals surface area contributed by atoms with Gasteiger partial charge in [0.2, 0.25) is 0 Å². The second kappa shape index (κ2) is 6.26. The zero-order valence-electron chi connectivity index (χ0n) is 11.8. The van der Waals surface area contributed by atoms with Gasteiger partial charge in [0.1, 0.15) is 11.0 Å². The van der Waals surface area contributed by atoms with Gasteiger partial charge in [-0.15, -0.1) is 0 Å². The first kappa shape index (κ1) is 15.5. The van der Waals surface area contributed by atoms with E-state index in [4.69, 9.17) is 11.6 Å². The average molecular weight is 311 g/mol. The molecule has 2 rings (SSSR count). The van der Waals surface area contributed by atoms with E-state index in [-0.39, 0.29) is 11.0 Å². The summed E-state index contributed by atoms with van der Waals surface area (Å²) in [5.74, 6) is -0.366. The SMILES string of the molecule is CCCc1c(Cl)[nH]c(=O)n(C(C)c2ccc(F)cc2)c1=O. The van der Waals surface area contributed by atoms with Gasteiger partial charge in [-0.05, 0) is 31.0 Å². The van der Waals surface area contributed by atoms with Crippen LogP contribution in [0.2, 0.25) is 5.15 Å². The molecule has 0 fully saturated rings. The summed E-state index contributed by atoms with van der Waals surface area (Å²) >= 11 is 5.94. The van der Waals surface area contributed by atoms with E-state index in [0.29, 0.717) is 17.5 Å². The maximum absolute atomic E-state index is 13.0. The summed E-state index contributed by atoms with van der Waals surface area (Å²) in [5.41, 5.74) is 0.102. The number of hydrogen-bond acceptors (Lipinski definition) is 2. The summed E-state index contributed by atoms with van der Waals surface area (Å²) in [6.07, 6.45) is 1.23. The van der Waals surface area contributed by atoms with Gasteiger partial charge in [-0.25, -0.2) is 9.18 Å². The van der Waals surface area contributed by atoms with Crippen molar-refractivity contribution < 1.29 is 4.39 Å². The molecule has 0 spiro atoms. The Labute approximate surface area is 126 Å². The molecule has 1 N–H and O–H groups in total. The number of nitrogens with zero attached hydrogens (tertiary/aromatic N) is 1. The first-order valence-corrected chi connectivity index (χ1v) is 7.12. The molecular formula is C15H16ClFN2O2. The highest BCUT2D eigenvalue weighted by molar-refractivity contribution is 6.30. The molecule has 0 amide bonds. The third-order valence-electron chi connectivity index (χ3n) is 3.42. The number of H-pyrrole nitrogens is 1. The Bertz CT molecular complexity index is 750. The van der Waals surface area contributed by atoms with Crippen molar-refractivity contribution in [2.75, 3.05) is 0 Å². The molecule has 1 aromatic carbocycles. The highest BCUT2D eigenvalue weighted by Gasteiger charge is 2.17. The highest BCUT2D eigenvalue weighted by Crippen LogP contribution is 2.16. The van der Waals surface area contributed by atoms with Crippen LogP contribution < -0.4 is 11.2 Å². The molecular weight excluding hydrogens is 295 g/mol. The van der Waals surface area contributed by atoms with E-state index in [9.17, 15) is 14.0 Å². The first-order chi connectivity index (χ1) is 9.95. The van der Waals surface area contributed by atoms with E-state index in [0.717, 1.165) is 11.0 Å². The Balaban J connectivity index is 2.58. The van der Waals surface area contributed by atoms with Crippen LogP contribution in [0.25, 0.3) is 0 Å². The molecule has 1 heterocycles. The number of benzene rings is 1. The van der Waals surface area contributed by atoms with Gasteiger partial charge in [-0.1, -0.05) is 37.1 Å². The van der Waals surface area contributed by atoms with Crippen molar-refractivity contribution >= 4 is 11.6 Å². The lowest BCUT2D eigenvalue weighted by Gasteiger charge is -2.16. The molecule has 0 aliphatic carbocycles. The Morgan fingerprint density at radius 3 is 2.48 bits per heavy atom. The normalized spacial score (nSPS) is 12.4. The second-order valence-electron chi connectivity index (χ2n) is 4.88. The van der Waals surface area contributed by atoms with Gasteiger partial charge < -0.3 is 0 Å². The zero-order valence-corrected chi connectivity index (χ0v) is 12.6. The number of hydrogen-bond donors (Lipinski definition) is 1. The van der Waals surface area contributed by atoms with Gasteiger partial charge in [0.25, 0.3) is 5.56 Å². The molecule has 0 saturated heterocycles. The number of aromatic nitrogens is 2. The Kier molecular flexibility index (Phi) is 4.63. The van der Waals surface area contributed by atoms with Gasteiger partial charge in [-0.3, -0.25) is 14.3 Å². The average Bonchev–Trinajstić information content (AvgIpc) is 2.44. The lowest BCUT2D eigenvalue weighted by Crippen LogP contribution is -2.39. The largest absolute Gasteiger partial charge is 0.330 e. The maximum atomic E-state index is 13.0. The van der Waals surface area contributed by atoms with Crippen LogP contribution in [0.5, 0.6) is 0 Å². The Hall–Kier alpha value is -1.88. The van der Waals surface area contributed by atoms with E-state index in [1.165, 1.54) is 12.1 Å². The van der Waals surface area contributed by atoms with Gasteiger partial charge in [0.15, 0.2) is 0 Å². The molecule has 21 heavy (non-hydrogen) atoms. The van der Waals surface area contributed by atoms with Gasteiger partial charge in [0.05, 0.1) is 11.6 Å². The van der Waals surface area contributed by atoms with Gasteiger partial charge in [0, 0.05) is 0 Å². The van der Waals surface area contributed by atoms with Crippen LogP contribution in [0.3, 0.4) is 0 Å². The molecule has 1 atom stereocenters. The Morgan fingerprint density at radius 1 is 1.29 bits per heavy atom. The zero-order chi connectivity index (χ0) is 15.6. The third-order valence-corrected chi connectivity index (χ3v) is 3.74. The van der Waals surface area contributed by atoms with Crippen LogP contribution in [0.4, 0.5) is 4.39 Å². The molecule has 112 valence electrons. The van der Waals surface area contributed by atoms with Gasteiger partial charge >= 0.3 is 5.69 Å². The fraction of sp³-hybridized carbons (Fsp3) is 0.333. The monoisotopic (exact) mass is 310 g/mol. The standard InChI is InChI=1S/C15H16ClFN2O2/c1-3-4-12-13(16)18-15(21)19(14(12)20)9(2)10-5-7-11(17)8-6-10/h5-9H,3-4H2,1-2H3,(H,18,21). The van der Waals surface area contributed by atoms with E-state index in [1.807, 2.05) is 6.92 Å². The van der Waals surface area contributed by atoms with E-state index in [2.05, 4.69) is 4.98 Å². The van der Waals surface area contributed by atoms with Crippen molar-refractivity contribution in [1.29, 1.82) is 0 Å². The molecule has 0 saturated carbocycles. The van der Waals surface area contributed by atoms with Crippen molar-refractivity contribution in [2.24, 2.45) is 0 Å². The minimum Gasteiger partial charge on any atom is -0.297 e. The summed E-state index contributed by atoms with van der Waals surface area (Å²) in [6.45, 7) is 3.64. The summed E-state index contributed by atoms with van der Waals surface area (Å²) < 4.78 is 14.1. The molecule has 2 aromatic rings. The predicted molar refractivity (Wildman–Crippen MR) is 80.5 cm³/mol. The summed E-state index contributed by atoms with van der Waals surface area (Å²) in [5, 5.41) is 0.0920. The minimum atomic E-state index is -0.568. The highest BCUT2D eigenvalue weighted by atomic mass is 35.5. The molecule has 1 aromatic heterocycles. The van der Waals surface area contributed by atoms with Crippen LogP contribution in [0.15, 0.2) is 33.9 Å². The van der Waals surface area contributed by atoms with E-state index >= 15 is 0 Å². The number of aromatic amines is 1. The van der Waals surface area contributed by atoms with Crippen LogP contribution in [-0.4, -0.2) is 9.55 Å². The minimum absolute atomic E-state index is 0.0920. The van der Waals surface area contributed by atoms with Gasteiger partial charge in [-0.2, -0.15) is 0 Å². The molecule has 0 aliphatic heterocycles. The fourth-order valence-electron chi connectivity index (χ4n) is 2.27. The smallest absolute Gasteiger partial charge is 0.297 e. The second-order valence-corrected chi connectivity index (χ2v) is 5.25. The van der Waals surface area contributed by atoms with E-state index < -0.39 is 17.3 Å². The predicted octanol–water partition coefficient (Wildman–Crippen LogP) is 2.89. The first-order valence-electron chi connectivity index (χ1n) is 6.74. The van der Waals surface area contributed by atoms with Crippen LogP contribution >= 0.6 is 11.6 Å². The number of halogens is 2. The van der Waals surface area contributed by atoms with Crippen LogP contribution in [-0.2, 0) is 6.42 Å². The summed E-state index contributed by atoms with van der Waals surface area (Å²) in [4.78, 5) is 27.0. The maximum Gasteiger partial charge on any atom is 0.330 e. The van der Waals surface area contributed by atoms with E-state index in [1.54, 1.807) is 19.1 Å². The molecule has 1 unspecified atom stereocenters. The quantitative estimate of drug-likeness (QED) is 0.883. The van der Waals surface area contributed by atoms with Crippen molar-refractivity contribution in [2.45, 2.75) is 32.7 Å². The van der Waals surface area contributed by atoms with Crippen molar-refractivity contribution in [3.05, 3.63) is 67.2 Å². The molecule has 6 heteroatoms. The molecule has 4 nitrogen and oxygen atoms in total. The molecule has 0 aliphatic rings. The number of nitrogens with one attached hydrogen (secondary N) is 1. The fourth-order valence-corrected chi connectivity index (χ4v) is 2.53. The van der Waals surface area contributed by atoms with Crippen molar-refractivity contribution in [1.82, 2.24) is 9.55 Å². The molecule has 0 bridgehead atoms. The lowest BCUT2D eigenvalue weighted by molar-refractivity contribution is 0.567. The summed E-state index contributed by atoms with van der Waals surface area (Å²) in [7, 11) is 0. The van der Waals surface area contributed by atoms with Crippen molar-refractivity contribution in [3.63, 3.8) is 0 Å². The topological polar surface area (TPSA) is 54.9 Å². The third kappa shape index (κ3) is 3.08. The van der Waals surface area contributed by atoms with Crippen LogP contribution in [0.1, 0.15) is 37.4 Å². The van der Waals surface area contributed by atoms with Crippen LogP contribution in [0, 0.1) is 5.82 Å². The Morgan fingerprint density at radius 2 is 1.90 bits per heavy atom. The van der Waals surface area contributed by atoms with Crippen molar-refractivity contribution in [3.8, 4) is 0 Å². The molecule has 0 radical (unpaired) electrons. The lowest BCUT2D eigenvalue weighted by atomic mass is 10.1. The number of rotatable bonds is 4.